The van der Waals surface area contributed by atoms with Crippen LogP contribution in [0.2, 0.25) is 0 Å². The van der Waals surface area contributed by atoms with Crippen LogP contribution < -0.4 is 5.32 Å². The molecule has 80 heavy (non-hydrogen) atoms. The van der Waals surface area contributed by atoms with Gasteiger partial charge in [0.15, 0.2) is 0 Å². The van der Waals surface area contributed by atoms with E-state index in [0.717, 1.165) is 44.9 Å². The monoisotopic (exact) mass is 1120 g/mol. The first-order valence-electron chi connectivity index (χ1n) is 36.3. The van der Waals surface area contributed by atoms with E-state index >= 15 is 0 Å². The van der Waals surface area contributed by atoms with Crippen LogP contribution in [-0.2, 0) is 14.3 Å². The van der Waals surface area contributed by atoms with E-state index in [-0.39, 0.29) is 18.5 Å². The zero-order valence-electron chi connectivity index (χ0n) is 54.1. The van der Waals surface area contributed by atoms with Crippen LogP contribution in [0.15, 0.2) is 36.5 Å². The minimum atomic E-state index is -0.847. The second-order valence-electron chi connectivity index (χ2n) is 24.9. The molecular weight excluding hydrogens is 983 g/mol. The third kappa shape index (κ3) is 65.2. The van der Waals surface area contributed by atoms with Crippen LogP contribution in [0.1, 0.15) is 399 Å². The number of carbonyl (C=O) groups is 2. The fraction of sp³-hybridized carbons (Fsp3) is 0.892. The van der Waals surface area contributed by atoms with Crippen molar-refractivity contribution in [2.75, 3.05) is 13.2 Å². The van der Waals surface area contributed by atoms with E-state index in [1.54, 1.807) is 6.08 Å². The lowest BCUT2D eigenvalue weighted by atomic mass is 10.0. The minimum absolute atomic E-state index is 0.0152. The Morgan fingerprint density at radius 2 is 0.625 bits per heavy atom. The van der Waals surface area contributed by atoms with Crippen molar-refractivity contribution in [3.8, 4) is 0 Å². The fourth-order valence-electron chi connectivity index (χ4n) is 11.4. The quantitative estimate of drug-likeness (QED) is 0.0320. The van der Waals surface area contributed by atoms with E-state index in [4.69, 9.17) is 4.74 Å². The highest BCUT2D eigenvalue weighted by atomic mass is 16.5. The van der Waals surface area contributed by atoms with Crippen molar-refractivity contribution in [3.63, 3.8) is 0 Å². The van der Waals surface area contributed by atoms with Crippen LogP contribution in [0.3, 0.4) is 0 Å². The largest absolute Gasteiger partial charge is 0.466 e. The number of rotatable bonds is 68. The van der Waals surface area contributed by atoms with Gasteiger partial charge in [0, 0.05) is 12.8 Å². The summed E-state index contributed by atoms with van der Waals surface area (Å²) in [4.78, 5) is 24.6. The number of hydrogen-bond acceptors (Lipinski definition) is 5. The molecule has 2 atom stereocenters. The molecule has 0 aromatic heterocycles. The second kappa shape index (κ2) is 69.6. The molecule has 0 fully saturated rings. The molecule has 0 spiro atoms. The smallest absolute Gasteiger partial charge is 0.305 e. The van der Waals surface area contributed by atoms with Crippen molar-refractivity contribution in [2.45, 2.75) is 411 Å². The van der Waals surface area contributed by atoms with Gasteiger partial charge < -0.3 is 20.3 Å². The number of esters is 1. The van der Waals surface area contributed by atoms with Crippen LogP contribution in [0.4, 0.5) is 0 Å². The first-order valence-corrected chi connectivity index (χ1v) is 36.3. The van der Waals surface area contributed by atoms with Gasteiger partial charge in [-0.25, -0.2) is 0 Å². The Bertz CT molecular complexity index is 1300. The summed E-state index contributed by atoms with van der Waals surface area (Å²) in [7, 11) is 0. The number of carbonyl (C=O) groups excluding carboxylic acids is 2. The van der Waals surface area contributed by atoms with E-state index in [0.29, 0.717) is 19.4 Å². The van der Waals surface area contributed by atoms with Gasteiger partial charge in [-0.3, -0.25) is 9.59 Å². The summed E-state index contributed by atoms with van der Waals surface area (Å²) in [5.41, 5.74) is 0. The second-order valence-corrected chi connectivity index (χ2v) is 24.9. The maximum atomic E-state index is 12.5. The van der Waals surface area contributed by atoms with E-state index in [9.17, 15) is 19.8 Å². The van der Waals surface area contributed by atoms with Crippen molar-refractivity contribution in [1.82, 2.24) is 5.32 Å². The van der Waals surface area contributed by atoms with Gasteiger partial charge >= 0.3 is 5.97 Å². The Balaban J connectivity index is 3.42. The van der Waals surface area contributed by atoms with Crippen molar-refractivity contribution in [3.05, 3.63) is 36.5 Å². The number of unbranched alkanes of at least 4 members (excludes halogenated alkanes) is 53. The van der Waals surface area contributed by atoms with Crippen molar-refractivity contribution in [1.29, 1.82) is 0 Å². The Hall–Kier alpha value is -1.92. The molecule has 0 aromatic carbocycles. The minimum Gasteiger partial charge on any atom is -0.466 e. The molecule has 1 amide bonds. The summed E-state index contributed by atoms with van der Waals surface area (Å²) < 4.78 is 5.51. The summed E-state index contributed by atoms with van der Waals surface area (Å²) in [6.45, 7) is 4.94. The Morgan fingerprint density at radius 1 is 0.350 bits per heavy atom. The van der Waals surface area contributed by atoms with E-state index < -0.39 is 12.1 Å². The molecule has 0 saturated carbocycles. The van der Waals surface area contributed by atoms with Gasteiger partial charge in [0.2, 0.25) is 5.91 Å². The maximum absolute atomic E-state index is 12.5. The number of hydrogen-bond donors (Lipinski definition) is 3. The molecule has 6 heteroatoms. The Morgan fingerprint density at radius 3 is 0.950 bits per heavy atom. The highest BCUT2D eigenvalue weighted by Crippen LogP contribution is 2.19. The lowest BCUT2D eigenvalue weighted by Crippen LogP contribution is -2.45. The average molecular weight is 1120 g/mol. The molecule has 2 unspecified atom stereocenters. The van der Waals surface area contributed by atoms with Crippen LogP contribution in [-0.4, -0.2) is 47.4 Å². The van der Waals surface area contributed by atoms with Crippen LogP contribution in [0, 0.1) is 0 Å². The molecule has 0 aliphatic rings. The number of nitrogens with one attached hydrogen (secondary N) is 1. The Kier molecular flexibility index (Phi) is 67.9. The van der Waals surface area contributed by atoms with Gasteiger partial charge in [0.25, 0.3) is 0 Å². The number of ether oxygens (including phenoxy) is 1. The molecule has 472 valence electrons. The normalized spacial score (nSPS) is 12.7. The molecule has 0 rings (SSSR count). The lowest BCUT2D eigenvalue weighted by molar-refractivity contribution is -0.143. The molecule has 0 aliphatic carbocycles. The molecule has 3 N–H and O–H groups in total. The van der Waals surface area contributed by atoms with Crippen LogP contribution >= 0.6 is 0 Å². The zero-order chi connectivity index (χ0) is 57.8. The highest BCUT2D eigenvalue weighted by Gasteiger charge is 2.18. The zero-order valence-corrected chi connectivity index (χ0v) is 54.1. The number of aliphatic hydroxyl groups excluding tert-OH is 2. The summed E-state index contributed by atoms with van der Waals surface area (Å²) in [6, 6.07) is -0.631. The van der Waals surface area contributed by atoms with E-state index in [2.05, 4.69) is 43.5 Å². The predicted molar refractivity (Wildman–Crippen MR) is 352 cm³/mol. The summed E-state index contributed by atoms with van der Waals surface area (Å²) >= 11 is 0. The summed E-state index contributed by atoms with van der Waals surface area (Å²) in [5.74, 6) is -0.0530. The van der Waals surface area contributed by atoms with Gasteiger partial charge in [0.05, 0.1) is 25.4 Å². The highest BCUT2D eigenvalue weighted by molar-refractivity contribution is 5.76. The van der Waals surface area contributed by atoms with Gasteiger partial charge in [-0.05, 0) is 64.2 Å². The van der Waals surface area contributed by atoms with Crippen LogP contribution in [0.25, 0.3) is 0 Å². The SMILES string of the molecule is CCCCCCCCCCCCCCCCCC/C=C/C(O)C(CO)NC(=O)CCCCCCCCCCCCC/C=C\C/C=C\CCCCCCCCCCCOC(=O)CCCCCCCCCCCCCCCCCCCC. The van der Waals surface area contributed by atoms with Crippen molar-refractivity contribution in [2.24, 2.45) is 0 Å². The third-order valence-electron chi connectivity index (χ3n) is 16.9. The standard InChI is InChI=1S/C74H141NO5/c1-3-5-7-9-11-13-15-17-19-21-34-38-42-46-50-54-58-62-66-72(77)71(70-76)75-73(78)67-63-59-55-51-47-43-39-35-32-30-28-26-24-23-25-27-29-31-33-37-41-45-49-53-57-61-65-69-80-74(79)68-64-60-56-52-48-44-40-36-22-20-18-16-14-12-10-8-6-4-2/h23-24,27,29,62,66,71-72,76-77H,3-22,25-26,28,30-61,63-65,67-70H2,1-2H3,(H,75,78)/b24-23-,29-27-,66-62+. The molecule has 6 nitrogen and oxygen atoms in total. The lowest BCUT2D eigenvalue weighted by Gasteiger charge is -2.20. The third-order valence-corrected chi connectivity index (χ3v) is 16.9. The molecule has 0 aliphatic heterocycles. The first kappa shape index (κ1) is 78.1. The topological polar surface area (TPSA) is 95.9 Å². The predicted octanol–water partition coefficient (Wildman–Crippen LogP) is 23.5. The molecular formula is C74H141NO5. The average Bonchev–Trinajstić information content (AvgIpc) is 3.46. The van der Waals surface area contributed by atoms with Crippen LogP contribution in [0.5, 0.6) is 0 Å². The molecule has 0 heterocycles. The number of aliphatic hydroxyl groups is 2. The first-order chi connectivity index (χ1) is 39.5. The van der Waals surface area contributed by atoms with Gasteiger partial charge in [0.1, 0.15) is 0 Å². The van der Waals surface area contributed by atoms with Crippen molar-refractivity contribution < 1.29 is 24.5 Å². The molecule has 0 bridgehead atoms. The molecule has 0 saturated heterocycles. The van der Waals surface area contributed by atoms with Gasteiger partial charge in [-0.2, -0.15) is 0 Å². The molecule has 0 radical (unpaired) electrons. The number of allylic oxidation sites excluding steroid dienone is 5. The summed E-state index contributed by atoms with van der Waals surface area (Å²) in [6.07, 6.45) is 89.4. The van der Waals surface area contributed by atoms with Gasteiger partial charge in [-0.15, -0.1) is 0 Å². The van der Waals surface area contributed by atoms with E-state index in [1.807, 2.05) is 6.08 Å². The fourth-order valence-corrected chi connectivity index (χ4v) is 11.4. The van der Waals surface area contributed by atoms with Crippen molar-refractivity contribution >= 4 is 11.9 Å². The summed E-state index contributed by atoms with van der Waals surface area (Å²) in [5, 5.41) is 23.2. The number of amides is 1. The Labute approximate surface area is 500 Å². The van der Waals surface area contributed by atoms with Gasteiger partial charge in [-0.1, -0.05) is 359 Å². The van der Waals surface area contributed by atoms with E-state index in [1.165, 1.54) is 327 Å². The molecule has 0 aromatic rings. The maximum Gasteiger partial charge on any atom is 0.305 e.